The minimum absolute atomic E-state index is 0.197. The quantitative estimate of drug-likeness (QED) is 0.764. The van der Waals surface area contributed by atoms with Gasteiger partial charge < -0.3 is 20.8 Å². The van der Waals surface area contributed by atoms with Crippen LogP contribution in [-0.4, -0.2) is 18.0 Å². The van der Waals surface area contributed by atoms with E-state index in [1.165, 1.54) is 0 Å². The predicted octanol–water partition coefficient (Wildman–Crippen LogP) is 1.54. The van der Waals surface area contributed by atoms with Crippen LogP contribution in [0, 0.1) is 0 Å². The van der Waals surface area contributed by atoms with E-state index in [1.807, 2.05) is 24.3 Å². The molecular weight excluding hydrogens is 230 g/mol. The maximum Gasteiger partial charge on any atom is 0.268 e. The number of nitrogens with two attached hydrogens (primary N) is 1. The van der Waals surface area contributed by atoms with Crippen molar-refractivity contribution in [3.05, 3.63) is 47.8 Å². The summed E-state index contributed by atoms with van der Waals surface area (Å²) in [5.74, 6) is 0.557. The second-order valence-electron chi connectivity index (χ2n) is 3.84. The monoisotopic (exact) mass is 245 g/mol. The molecule has 5 heteroatoms. The van der Waals surface area contributed by atoms with Gasteiger partial charge >= 0.3 is 0 Å². The molecule has 1 amide bonds. The third kappa shape index (κ3) is 2.63. The van der Waals surface area contributed by atoms with Crippen LogP contribution < -0.4 is 15.8 Å². The molecule has 0 saturated heterocycles. The number of anilines is 1. The van der Waals surface area contributed by atoms with E-state index in [2.05, 4.69) is 10.3 Å². The molecule has 0 aliphatic rings. The SMILES string of the molecule is COc1ccccc1CNC(=O)c1cc(N)c[nH]1. The molecule has 2 aromatic rings. The standard InChI is InChI=1S/C13H15N3O2/c1-18-12-5-3-2-4-9(12)7-16-13(17)11-6-10(14)8-15-11/h2-6,8,15H,7,14H2,1H3,(H,16,17). The van der Waals surface area contributed by atoms with Gasteiger partial charge in [-0.05, 0) is 12.1 Å². The Morgan fingerprint density at radius 3 is 2.89 bits per heavy atom. The number of carbonyl (C=O) groups is 1. The summed E-state index contributed by atoms with van der Waals surface area (Å²) in [7, 11) is 1.60. The molecule has 1 aromatic carbocycles. The van der Waals surface area contributed by atoms with Gasteiger partial charge in [0.25, 0.3) is 5.91 Å². The Morgan fingerprint density at radius 2 is 2.22 bits per heavy atom. The summed E-state index contributed by atoms with van der Waals surface area (Å²) in [5, 5.41) is 2.80. The number of hydrogen-bond donors (Lipinski definition) is 3. The molecule has 0 radical (unpaired) electrons. The number of aromatic nitrogens is 1. The average Bonchev–Trinajstić information content (AvgIpc) is 2.83. The van der Waals surface area contributed by atoms with Crippen molar-refractivity contribution < 1.29 is 9.53 Å². The van der Waals surface area contributed by atoms with E-state index >= 15 is 0 Å². The zero-order chi connectivity index (χ0) is 13.0. The third-order valence-corrected chi connectivity index (χ3v) is 2.58. The van der Waals surface area contributed by atoms with E-state index in [1.54, 1.807) is 19.4 Å². The van der Waals surface area contributed by atoms with Gasteiger partial charge in [-0.2, -0.15) is 0 Å². The van der Waals surface area contributed by atoms with Crippen molar-refractivity contribution in [1.82, 2.24) is 10.3 Å². The fourth-order valence-electron chi connectivity index (χ4n) is 1.66. The summed E-state index contributed by atoms with van der Waals surface area (Å²) in [5.41, 5.74) is 7.45. The maximum absolute atomic E-state index is 11.8. The third-order valence-electron chi connectivity index (χ3n) is 2.58. The lowest BCUT2D eigenvalue weighted by atomic mass is 10.2. The minimum atomic E-state index is -0.197. The molecule has 0 aliphatic carbocycles. The van der Waals surface area contributed by atoms with Gasteiger partial charge in [0.1, 0.15) is 11.4 Å². The van der Waals surface area contributed by atoms with Crippen molar-refractivity contribution in [3.63, 3.8) is 0 Å². The number of aromatic amines is 1. The topological polar surface area (TPSA) is 80.1 Å². The molecule has 0 bridgehead atoms. The highest BCUT2D eigenvalue weighted by Crippen LogP contribution is 2.16. The van der Waals surface area contributed by atoms with Crippen molar-refractivity contribution in [2.75, 3.05) is 12.8 Å². The van der Waals surface area contributed by atoms with Crippen LogP contribution in [-0.2, 0) is 6.54 Å². The molecule has 1 aromatic heterocycles. The predicted molar refractivity (Wildman–Crippen MR) is 69.4 cm³/mol. The Morgan fingerprint density at radius 1 is 1.44 bits per heavy atom. The summed E-state index contributed by atoms with van der Waals surface area (Å²) in [6.45, 7) is 0.405. The van der Waals surface area contributed by atoms with Crippen LogP contribution in [0.1, 0.15) is 16.1 Å². The fourth-order valence-corrected chi connectivity index (χ4v) is 1.66. The first-order valence-electron chi connectivity index (χ1n) is 5.54. The van der Waals surface area contributed by atoms with Crippen LogP contribution in [0.25, 0.3) is 0 Å². The number of ether oxygens (including phenoxy) is 1. The van der Waals surface area contributed by atoms with Crippen LogP contribution in [0.5, 0.6) is 5.75 Å². The van der Waals surface area contributed by atoms with Gasteiger partial charge in [0.2, 0.25) is 0 Å². The van der Waals surface area contributed by atoms with Gasteiger partial charge in [0.05, 0.1) is 7.11 Å². The summed E-state index contributed by atoms with van der Waals surface area (Å²) in [6.07, 6.45) is 1.58. The summed E-state index contributed by atoms with van der Waals surface area (Å²) >= 11 is 0. The van der Waals surface area contributed by atoms with E-state index in [-0.39, 0.29) is 5.91 Å². The Labute approximate surface area is 105 Å². The molecular formula is C13H15N3O2. The minimum Gasteiger partial charge on any atom is -0.496 e. The second kappa shape index (κ2) is 5.27. The largest absolute Gasteiger partial charge is 0.496 e. The van der Waals surface area contributed by atoms with Gasteiger partial charge in [-0.3, -0.25) is 4.79 Å². The molecule has 0 fully saturated rings. The van der Waals surface area contributed by atoms with Crippen molar-refractivity contribution >= 4 is 11.6 Å². The van der Waals surface area contributed by atoms with Gasteiger partial charge in [0.15, 0.2) is 0 Å². The van der Waals surface area contributed by atoms with Crippen molar-refractivity contribution in [2.24, 2.45) is 0 Å². The highest BCUT2D eigenvalue weighted by molar-refractivity contribution is 5.93. The number of hydrogen-bond acceptors (Lipinski definition) is 3. The van der Waals surface area contributed by atoms with Crippen molar-refractivity contribution in [3.8, 4) is 5.75 Å². The zero-order valence-corrected chi connectivity index (χ0v) is 10.1. The molecule has 0 spiro atoms. The normalized spacial score (nSPS) is 10.1. The fraction of sp³-hybridized carbons (Fsp3) is 0.154. The Hall–Kier alpha value is -2.43. The molecule has 0 atom stereocenters. The second-order valence-corrected chi connectivity index (χ2v) is 3.84. The number of nitrogen functional groups attached to an aromatic ring is 1. The zero-order valence-electron chi connectivity index (χ0n) is 10.1. The lowest BCUT2D eigenvalue weighted by molar-refractivity contribution is 0.0946. The highest BCUT2D eigenvalue weighted by atomic mass is 16.5. The van der Waals surface area contributed by atoms with Gasteiger partial charge in [-0.25, -0.2) is 0 Å². The van der Waals surface area contributed by atoms with Crippen LogP contribution in [0.3, 0.4) is 0 Å². The van der Waals surface area contributed by atoms with E-state index in [9.17, 15) is 4.79 Å². The van der Waals surface area contributed by atoms with Crippen LogP contribution in [0.4, 0.5) is 5.69 Å². The van der Waals surface area contributed by atoms with E-state index in [0.29, 0.717) is 17.9 Å². The molecule has 0 unspecified atom stereocenters. The number of carbonyl (C=O) groups excluding carboxylic acids is 1. The number of benzene rings is 1. The van der Waals surface area contributed by atoms with Crippen molar-refractivity contribution in [1.29, 1.82) is 0 Å². The van der Waals surface area contributed by atoms with Crippen molar-refractivity contribution in [2.45, 2.75) is 6.54 Å². The molecule has 4 N–H and O–H groups in total. The summed E-state index contributed by atoms with van der Waals surface area (Å²) in [4.78, 5) is 14.6. The number of para-hydroxylation sites is 1. The Kier molecular flexibility index (Phi) is 3.52. The molecule has 18 heavy (non-hydrogen) atoms. The van der Waals surface area contributed by atoms with E-state index < -0.39 is 0 Å². The number of rotatable bonds is 4. The van der Waals surface area contributed by atoms with Gasteiger partial charge in [-0.1, -0.05) is 18.2 Å². The van der Waals surface area contributed by atoms with Gasteiger partial charge in [-0.15, -0.1) is 0 Å². The van der Waals surface area contributed by atoms with Crippen LogP contribution in [0.2, 0.25) is 0 Å². The highest BCUT2D eigenvalue weighted by Gasteiger charge is 2.08. The Bertz CT molecular complexity index is 549. The lowest BCUT2D eigenvalue weighted by Crippen LogP contribution is -2.23. The number of amides is 1. The number of H-pyrrole nitrogens is 1. The molecule has 0 aliphatic heterocycles. The molecule has 1 heterocycles. The average molecular weight is 245 g/mol. The number of methoxy groups -OCH3 is 1. The first-order valence-corrected chi connectivity index (χ1v) is 5.54. The van der Waals surface area contributed by atoms with E-state index in [0.717, 1.165) is 11.3 Å². The van der Waals surface area contributed by atoms with Crippen LogP contribution in [0.15, 0.2) is 36.5 Å². The first-order chi connectivity index (χ1) is 8.70. The van der Waals surface area contributed by atoms with Gasteiger partial charge in [0, 0.05) is 24.0 Å². The smallest absolute Gasteiger partial charge is 0.268 e. The first kappa shape index (κ1) is 12.0. The summed E-state index contributed by atoms with van der Waals surface area (Å²) < 4.78 is 5.21. The number of nitrogens with one attached hydrogen (secondary N) is 2. The van der Waals surface area contributed by atoms with E-state index in [4.69, 9.17) is 10.5 Å². The lowest BCUT2D eigenvalue weighted by Gasteiger charge is -2.08. The van der Waals surface area contributed by atoms with Crippen LogP contribution >= 0.6 is 0 Å². The molecule has 0 saturated carbocycles. The molecule has 2 rings (SSSR count). The maximum atomic E-state index is 11.8. The molecule has 94 valence electrons. The summed E-state index contributed by atoms with van der Waals surface area (Å²) in [6, 6.07) is 9.14. The molecule has 5 nitrogen and oxygen atoms in total. The Balaban J connectivity index is 2.01.